The fraction of sp³-hybridized carbons (Fsp3) is 0.898. The number of amides is 2. The molecule has 4 saturated heterocycles. The number of ketones is 1. The Bertz CT molecular complexity index is 2850. The minimum atomic E-state index is -5.81. The van der Waals surface area contributed by atoms with Gasteiger partial charge in [0.05, 0.1) is 38.6 Å². The zero-order valence-corrected chi connectivity index (χ0v) is 54.3. The molecule has 0 spiro atoms. The van der Waals surface area contributed by atoms with Gasteiger partial charge >= 0.3 is 53.3 Å². The van der Waals surface area contributed by atoms with Gasteiger partial charge in [0.2, 0.25) is 11.8 Å². The molecule has 4 aliphatic rings. The van der Waals surface area contributed by atoms with Crippen molar-refractivity contribution in [3.63, 3.8) is 0 Å². The Balaban J connectivity index is 1.29. The first kappa shape index (κ1) is 82.8. The van der Waals surface area contributed by atoms with Crippen LogP contribution >= 0.6 is 0 Å². The Labute approximate surface area is 540 Å². The van der Waals surface area contributed by atoms with E-state index in [4.69, 9.17) is 52.1 Å². The number of aliphatic carboxylic acids is 2. The van der Waals surface area contributed by atoms with Crippen molar-refractivity contribution in [1.82, 2.24) is 20.1 Å². The molecule has 4 heterocycles. The van der Waals surface area contributed by atoms with Gasteiger partial charge in [-0.2, -0.15) is 43.1 Å². The summed E-state index contributed by atoms with van der Waals surface area (Å²) in [7, 11) is -22.3. The molecular weight excluding hydrogens is 1360 g/mol. The topological polar surface area (TPSA) is 613 Å². The highest BCUT2D eigenvalue weighted by atomic mass is 32.3. The maximum atomic E-state index is 12.7. The second-order valence-corrected chi connectivity index (χ2v) is 26.4. The van der Waals surface area contributed by atoms with Crippen LogP contribution in [0.5, 0.6) is 0 Å². The fourth-order valence-corrected chi connectivity index (χ4v) is 12.1. The summed E-state index contributed by atoms with van der Waals surface area (Å²) in [6, 6.07) is -4.72. The van der Waals surface area contributed by atoms with Crippen LogP contribution in [0.4, 0.5) is 0 Å². The van der Waals surface area contributed by atoms with Gasteiger partial charge in [0.15, 0.2) is 55.4 Å². The monoisotopic (exact) mass is 1450 g/mol. The van der Waals surface area contributed by atoms with Crippen molar-refractivity contribution >= 4 is 70.9 Å². The number of rotatable bonds is 44. The minimum absolute atomic E-state index is 0.0356. The predicted octanol–water partition coefficient (Wildman–Crippen LogP) is -5.48. The average Bonchev–Trinajstić information content (AvgIpc) is 0.770. The number of nitrogens with one attached hydrogen (secondary N) is 4. The molecule has 0 aromatic rings. The molecule has 0 aliphatic carbocycles. The van der Waals surface area contributed by atoms with E-state index in [2.05, 4.69) is 19.0 Å². The SMILES string of the molecule is CCCC(=O)COCCOCCOCC(=O)NCCCCCCCC(=O)NCCCCCCOC1OC(C(=O)O)C(OC2OC(C)C(OC3OC(C(=O)O)C(OC4OC(C)C(O)C(O)C4NS(=O)(=O)O)C(O)C3OS(=O)(=O)O)C(O)C2NS(=O)(=O)O)C(O)C1OS(=O)(=O)O. The van der Waals surface area contributed by atoms with Crippen LogP contribution in [-0.2, 0) is 126 Å². The average molecular weight is 1450 g/mol. The molecule has 4 fully saturated rings. The van der Waals surface area contributed by atoms with E-state index >= 15 is 0 Å². The van der Waals surface area contributed by atoms with Gasteiger partial charge in [-0.15, -0.1) is 0 Å². The van der Waals surface area contributed by atoms with E-state index in [1.54, 1.807) is 0 Å². The zero-order chi connectivity index (χ0) is 70.3. The summed E-state index contributed by atoms with van der Waals surface area (Å²) in [5, 5.41) is 81.7. The predicted molar refractivity (Wildman–Crippen MR) is 306 cm³/mol. The molecule has 94 heavy (non-hydrogen) atoms. The van der Waals surface area contributed by atoms with E-state index in [-0.39, 0.29) is 70.1 Å². The standard InChI is InChI=1S/C49H86N4O37S4/c1-4-14-27(54)23-79-21-19-78-20-22-80-24-29(56)51-17-11-7-5-6-10-15-28(55)50-16-12-8-9-13-18-81-48-40(89-93(72,73)74)35(60)38(42(87-48)44(62)63)86-47-31(53-92(69,70)71)34(59)37(26(3)83-47)84-49-41(90-94(75,76)77)36(61)39(43(88-49)45(64)65)85-46-30(52-91(66,67)68)33(58)32(57)25(2)82-46/h25-26,30-43,46-49,52-53,57-61H,4-24H2,1-3H3,(H,50,55)(H,51,56)(H,62,63)(H,64,65)(H,66,67,68)(H,69,70,71)(H,72,73,74)(H,75,76,77). The van der Waals surface area contributed by atoms with Crippen molar-refractivity contribution in [2.24, 2.45) is 0 Å². The van der Waals surface area contributed by atoms with Crippen LogP contribution in [-0.4, -0.2) is 299 Å². The molecule has 2 amide bonds. The molecule has 0 aromatic heterocycles. The maximum Gasteiger partial charge on any atom is 0.397 e. The number of unbranched alkanes of at least 4 members (excludes halogenated alkanes) is 7. The first-order valence-corrected chi connectivity index (χ1v) is 35.2. The van der Waals surface area contributed by atoms with Gasteiger partial charge in [-0.3, -0.25) is 32.6 Å². The third kappa shape index (κ3) is 28.7. The third-order valence-corrected chi connectivity index (χ3v) is 16.5. The number of aliphatic hydroxyl groups excluding tert-OH is 5. The second kappa shape index (κ2) is 39.3. The summed E-state index contributed by atoms with van der Waals surface area (Å²) in [6.45, 7) is 5.41. The lowest BCUT2D eigenvalue weighted by Crippen LogP contribution is -2.70. The molecule has 45 heteroatoms. The van der Waals surface area contributed by atoms with Crippen molar-refractivity contribution in [2.45, 2.75) is 221 Å². The number of carbonyl (C=O) groups excluding carboxylic acids is 3. The Morgan fingerprint density at radius 2 is 0.872 bits per heavy atom. The largest absolute Gasteiger partial charge is 0.479 e. The number of carboxylic acids is 2. The fourth-order valence-electron chi connectivity index (χ4n) is 9.97. The summed E-state index contributed by atoms with van der Waals surface area (Å²) in [4.78, 5) is 61.2. The van der Waals surface area contributed by atoms with Gasteiger partial charge in [0.25, 0.3) is 0 Å². The van der Waals surface area contributed by atoms with Crippen molar-refractivity contribution < 1.29 is 172 Å². The summed E-state index contributed by atoms with van der Waals surface area (Å²) < 4.78 is 207. The molecule has 0 aromatic carbocycles. The van der Waals surface area contributed by atoms with Gasteiger partial charge in [-0.05, 0) is 46.0 Å². The lowest BCUT2D eigenvalue weighted by atomic mass is 9.95. The van der Waals surface area contributed by atoms with Crippen LogP contribution in [0.15, 0.2) is 0 Å². The van der Waals surface area contributed by atoms with Crippen LogP contribution in [0.3, 0.4) is 0 Å². The molecule has 0 saturated carbocycles. The van der Waals surface area contributed by atoms with Crippen molar-refractivity contribution in [3.05, 3.63) is 0 Å². The molecular formula is C49H86N4O37S4. The Morgan fingerprint density at radius 3 is 1.38 bits per heavy atom. The maximum absolute atomic E-state index is 12.7. The summed E-state index contributed by atoms with van der Waals surface area (Å²) in [6.07, 6.45) is -35.5. The number of ether oxygens (including phenoxy) is 11. The third-order valence-electron chi connectivity index (χ3n) is 14.4. The van der Waals surface area contributed by atoms with Gasteiger partial charge in [0, 0.05) is 32.5 Å². The van der Waals surface area contributed by atoms with E-state index < -0.39 is 176 Å². The van der Waals surface area contributed by atoms with Crippen LogP contribution in [0.25, 0.3) is 0 Å². The van der Waals surface area contributed by atoms with E-state index in [9.17, 15) is 112 Å². The number of Topliss-reactive ketones (excluding diaryl/α,β-unsaturated/α-hetero) is 1. The van der Waals surface area contributed by atoms with Crippen molar-refractivity contribution in [1.29, 1.82) is 0 Å². The van der Waals surface area contributed by atoms with Gasteiger partial charge < -0.3 is 98.5 Å². The number of carboxylic acid groups (broad SMARTS) is 2. The summed E-state index contributed by atoms with van der Waals surface area (Å²) in [5.41, 5.74) is 0. The number of carbonyl (C=O) groups is 5. The molecule has 15 N–H and O–H groups in total. The van der Waals surface area contributed by atoms with Crippen LogP contribution in [0.2, 0.25) is 0 Å². The molecule has 20 unspecified atom stereocenters. The number of aliphatic hydroxyl groups is 5. The van der Waals surface area contributed by atoms with E-state index in [1.807, 2.05) is 6.92 Å². The highest BCUT2D eigenvalue weighted by Gasteiger charge is 2.59. The van der Waals surface area contributed by atoms with Crippen LogP contribution in [0.1, 0.15) is 97.8 Å². The molecule has 0 radical (unpaired) electrons. The van der Waals surface area contributed by atoms with Gasteiger partial charge in [-0.25, -0.2) is 18.0 Å². The zero-order valence-electron chi connectivity index (χ0n) is 51.1. The minimum Gasteiger partial charge on any atom is -0.479 e. The quantitative estimate of drug-likeness (QED) is 0.0200. The van der Waals surface area contributed by atoms with Gasteiger partial charge in [-0.1, -0.05) is 39.0 Å². The summed E-state index contributed by atoms with van der Waals surface area (Å²) in [5.74, 6) is -4.50. The van der Waals surface area contributed by atoms with Crippen molar-refractivity contribution in [2.75, 3.05) is 59.3 Å². The highest BCUT2D eigenvalue weighted by molar-refractivity contribution is 7.84. The highest BCUT2D eigenvalue weighted by Crippen LogP contribution is 2.37. The molecule has 4 aliphatic heterocycles. The Morgan fingerprint density at radius 1 is 0.436 bits per heavy atom. The van der Waals surface area contributed by atoms with Crippen LogP contribution < -0.4 is 20.1 Å². The molecule has 4 rings (SSSR count). The molecule has 20 atom stereocenters. The number of hydrogen-bond acceptors (Lipinski definition) is 31. The summed E-state index contributed by atoms with van der Waals surface area (Å²) >= 11 is 0. The first-order chi connectivity index (χ1) is 43.9. The Hall–Kier alpha value is -3.61. The number of hydrogen-bond donors (Lipinski definition) is 15. The van der Waals surface area contributed by atoms with E-state index in [1.165, 1.54) is 9.44 Å². The molecule has 0 bridgehead atoms. The molecule has 548 valence electrons. The lowest BCUT2D eigenvalue weighted by molar-refractivity contribution is -0.364. The van der Waals surface area contributed by atoms with E-state index in [0.717, 1.165) is 46.0 Å². The Kier molecular flexibility index (Phi) is 34.6. The lowest BCUT2D eigenvalue weighted by Gasteiger charge is -2.49. The van der Waals surface area contributed by atoms with Gasteiger partial charge in [0.1, 0.15) is 74.1 Å². The van der Waals surface area contributed by atoms with E-state index in [0.29, 0.717) is 51.8 Å². The molecule has 41 nitrogen and oxygen atoms in total. The smallest absolute Gasteiger partial charge is 0.397 e. The second-order valence-electron chi connectivity index (χ2n) is 21.9. The normalized spacial score (nSPS) is 32.0. The van der Waals surface area contributed by atoms with Crippen LogP contribution in [0, 0.1) is 0 Å². The first-order valence-electron chi connectivity index (χ1n) is 29.6. The van der Waals surface area contributed by atoms with Crippen molar-refractivity contribution in [3.8, 4) is 0 Å².